The number of hydrogen-bond donors (Lipinski definition) is 1. The molecule has 0 aliphatic carbocycles. The maximum absolute atomic E-state index is 8.00. The van der Waals surface area contributed by atoms with Crippen molar-refractivity contribution >= 4 is 6.21 Å². The van der Waals surface area contributed by atoms with Crippen molar-refractivity contribution in [3.63, 3.8) is 0 Å². The van der Waals surface area contributed by atoms with Crippen molar-refractivity contribution < 1.29 is 5.21 Å². The standard InChI is InChI=1S/C5H7N3O/c9-7-2-4-8-3-1-6-5-8/h1-3,5,9H,4H2/b7-2+. The molecule has 4 nitrogen and oxygen atoms in total. The zero-order valence-electron chi connectivity index (χ0n) is 4.81. The molecule has 0 radical (unpaired) electrons. The van der Waals surface area contributed by atoms with Crippen molar-refractivity contribution in [1.82, 2.24) is 9.55 Å². The molecule has 4 heteroatoms. The number of imidazole rings is 1. The van der Waals surface area contributed by atoms with E-state index in [9.17, 15) is 0 Å². The first-order valence-electron chi connectivity index (χ1n) is 2.55. The summed E-state index contributed by atoms with van der Waals surface area (Å²) in [7, 11) is 0. The molecule has 0 aliphatic rings. The predicted octanol–water partition coefficient (Wildman–Crippen LogP) is 0.343. The zero-order chi connectivity index (χ0) is 6.53. The van der Waals surface area contributed by atoms with Crippen LogP contribution in [0.1, 0.15) is 0 Å². The summed E-state index contributed by atoms with van der Waals surface area (Å²) in [5.74, 6) is 0. The summed E-state index contributed by atoms with van der Waals surface area (Å²) in [5, 5.41) is 10.8. The van der Waals surface area contributed by atoms with Gasteiger partial charge in [-0.1, -0.05) is 0 Å². The average Bonchev–Trinajstić information content (AvgIpc) is 2.34. The Bertz CT molecular complexity index is 180. The van der Waals surface area contributed by atoms with Gasteiger partial charge < -0.3 is 9.77 Å². The molecular formula is C5H7N3O. The van der Waals surface area contributed by atoms with Crippen LogP contribution in [0.4, 0.5) is 0 Å². The molecule has 1 aromatic rings. The molecule has 0 aromatic carbocycles. The summed E-state index contributed by atoms with van der Waals surface area (Å²) in [6.45, 7) is 0.566. The van der Waals surface area contributed by atoms with E-state index >= 15 is 0 Å². The van der Waals surface area contributed by atoms with Gasteiger partial charge in [-0.05, 0) is 0 Å². The van der Waals surface area contributed by atoms with Crippen LogP contribution in [-0.4, -0.2) is 21.0 Å². The van der Waals surface area contributed by atoms with Crippen molar-refractivity contribution in [2.45, 2.75) is 6.54 Å². The number of nitrogens with zero attached hydrogens (tertiary/aromatic N) is 3. The molecule has 9 heavy (non-hydrogen) atoms. The van der Waals surface area contributed by atoms with E-state index in [2.05, 4.69) is 10.1 Å². The van der Waals surface area contributed by atoms with E-state index < -0.39 is 0 Å². The van der Waals surface area contributed by atoms with Gasteiger partial charge in [0.15, 0.2) is 0 Å². The molecule has 0 atom stereocenters. The number of rotatable bonds is 2. The smallest absolute Gasteiger partial charge is 0.0949 e. The third-order valence-electron chi connectivity index (χ3n) is 0.933. The predicted molar refractivity (Wildman–Crippen MR) is 32.5 cm³/mol. The number of aromatic nitrogens is 2. The van der Waals surface area contributed by atoms with Gasteiger partial charge in [0.05, 0.1) is 19.1 Å². The van der Waals surface area contributed by atoms with Crippen LogP contribution in [0.15, 0.2) is 23.9 Å². The van der Waals surface area contributed by atoms with Crippen LogP contribution in [0.2, 0.25) is 0 Å². The van der Waals surface area contributed by atoms with Crippen molar-refractivity contribution in [2.24, 2.45) is 5.16 Å². The minimum atomic E-state index is 0.566. The second-order valence-electron chi connectivity index (χ2n) is 1.56. The van der Waals surface area contributed by atoms with Crippen LogP contribution in [-0.2, 0) is 6.54 Å². The third-order valence-corrected chi connectivity index (χ3v) is 0.933. The lowest BCUT2D eigenvalue weighted by Crippen LogP contribution is -1.93. The summed E-state index contributed by atoms with van der Waals surface area (Å²) in [6, 6.07) is 0. The Hall–Kier alpha value is -1.32. The van der Waals surface area contributed by atoms with Crippen LogP contribution in [0.25, 0.3) is 0 Å². The Morgan fingerprint density at radius 3 is 3.22 bits per heavy atom. The molecular weight excluding hydrogens is 118 g/mol. The van der Waals surface area contributed by atoms with Crippen molar-refractivity contribution in [2.75, 3.05) is 0 Å². The van der Waals surface area contributed by atoms with E-state index in [-0.39, 0.29) is 0 Å². The van der Waals surface area contributed by atoms with Gasteiger partial charge in [-0.3, -0.25) is 0 Å². The fraction of sp³-hybridized carbons (Fsp3) is 0.200. The molecule has 0 bridgehead atoms. The van der Waals surface area contributed by atoms with E-state index in [0.717, 1.165) is 0 Å². The van der Waals surface area contributed by atoms with Gasteiger partial charge in [-0.15, -0.1) is 5.16 Å². The Kier molecular flexibility index (Phi) is 1.85. The zero-order valence-corrected chi connectivity index (χ0v) is 4.81. The average molecular weight is 125 g/mol. The number of hydrogen-bond acceptors (Lipinski definition) is 3. The fourth-order valence-electron chi connectivity index (χ4n) is 0.526. The van der Waals surface area contributed by atoms with Crippen LogP contribution < -0.4 is 0 Å². The molecule has 0 amide bonds. The lowest BCUT2D eigenvalue weighted by Gasteiger charge is -1.89. The lowest BCUT2D eigenvalue weighted by molar-refractivity contribution is 0.320. The van der Waals surface area contributed by atoms with Crippen molar-refractivity contribution in [3.05, 3.63) is 18.7 Å². The molecule has 48 valence electrons. The van der Waals surface area contributed by atoms with Gasteiger partial charge >= 0.3 is 0 Å². The topological polar surface area (TPSA) is 50.4 Å². The van der Waals surface area contributed by atoms with E-state index in [4.69, 9.17) is 5.21 Å². The maximum atomic E-state index is 8.00. The summed E-state index contributed by atoms with van der Waals surface area (Å²) < 4.78 is 1.79. The minimum Gasteiger partial charge on any atom is -0.411 e. The van der Waals surface area contributed by atoms with Crippen LogP contribution >= 0.6 is 0 Å². The van der Waals surface area contributed by atoms with Crippen molar-refractivity contribution in [3.8, 4) is 0 Å². The summed E-state index contributed by atoms with van der Waals surface area (Å²) in [6.07, 6.45) is 6.51. The summed E-state index contributed by atoms with van der Waals surface area (Å²) in [4.78, 5) is 3.79. The second kappa shape index (κ2) is 2.86. The van der Waals surface area contributed by atoms with E-state index in [1.165, 1.54) is 6.21 Å². The minimum absolute atomic E-state index is 0.566. The third kappa shape index (κ3) is 1.56. The highest BCUT2D eigenvalue weighted by molar-refractivity contribution is 5.55. The van der Waals surface area contributed by atoms with Crippen LogP contribution in [0, 0.1) is 0 Å². The molecule has 0 spiro atoms. The lowest BCUT2D eigenvalue weighted by atomic mass is 10.7. The van der Waals surface area contributed by atoms with Gasteiger partial charge in [-0.2, -0.15) is 0 Å². The molecule has 1 aromatic heterocycles. The van der Waals surface area contributed by atoms with E-state index in [1.807, 2.05) is 0 Å². The van der Waals surface area contributed by atoms with Gasteiger partial charge in [-0.25, -0.2) is 4.98 Å². The highest BCUT2D eigenvalue weighted by atomic mass is 16.4. The largest absolute Gasteiger partial charge is 0.411 e. The molecule has 1 heterocycles. The Morgan fingerprint density at radius 1 is 1.78 bits per heavy atom. The molecule has 0 unspecified atom stereocenters. The van der Waals surface area contributed by atoms with Gasteiger partial charge in [0, 0.05) is 12.4 Å². The molecule has 0 saturated heterocycles. The summed E-state index contributed by atoms with van der Waals surface area (Å²) >= 11 is 0. The van der Waals surface area contributed by atoms with E-state index in [0.29, 0.717) is 6.54 Å². The molecule has 1 rings (SSSR count). The first-order valence-corrected chi connectivity index (χ1v) is 2.55. The molecule has 0 saturated carbocycles. The fourth-order valence-corrected chi connectivity index (χ4v) is 0.526. The SMILES string of the molecule is O/N=C/Cn1ccnc1. The summed E-state index contributed by atoms with van der Waals surface area (Å²) in [5.41, 5.74) is 0. The Morgan fingerprint density at radius 2 is 2.67 bits per heavy atom. The normalized spacial score (nSPS) is 10.7. The van der Waals surface area contributed by atoms with Gasteiger partial charge in [0.1, 0.15) is 0 Å². The van der Waals surface area contributed by atoms with E-state index in [1.54, 1.807) is 23.3 Å². The monoisotopic (exact) mass is 125 g/mol. The van der Waals surface area contributed by atoms with Crippen LogP contribution in [0.3, 0.4) is 0 Å². The maximum Gasteiger partial charge on any atom is 0.0949 e. The van der Waals surface area contributed by atoms with Crippen molar-refractivity contribution in [1.29, 1.82) is 0 Å². The first kappa shape index (κ1) is 5.81. The second-order valence-corrected chi connectivity index (χ2v) is 1.56. The van der Waals surface area contributed by atoms with Gasteiger partial charge in [0.2, 0.25) is 0 Å². The molecule has 1 N–H and O–H groups in total. The quantitative estimate of drug-likeness (QED) is 0.352. The molecule has 0 aliphatic heterocycles. The first-order chi connectivity index (χ1) is 4.43. The highest BCUT2D eigenvalue weighted by Crippen LogP contribution is 1.81. The Balaban J connectivity index is 2.48. The number of oxime groups is 1. The highest BCUT2D eigenvalue weighted by Gasteiger charge is 1.81. The molecule has 0 fully saturated rings. The van der Waals surface area contributed by atoms with Gasteiger partial charge in [0.25, 0.3) is 0 Å². The Labute approximate surface area is 52.4 Å². The van der Waals surface area contributed by atoms with Crippen LogP contribution in [0.5, 0.6) is 0 Å².